The van der Waals surface area contributed by atoms with Crippen LogP contribution in [0.1, 0.15) is 81.5 Å². The van der Waals surface area contributed by atoms with Crippen LogP contribution >= 0.6 is 11.9 Å². The van der Waals surface area contributed by atoms with Gasteiger partial charge in [-0.05, 0) is 68.9 Å². The molecule has 0 spiro atoms. The molecule has 4 bridgehead atoms. The number of amides is 1. The first-order valence-electron chi connectivity index (χ1n) is 14.2. The Morgan fingerprint density at radius 2 is 1.82 bits per heavy atom. The average Bonchev–Trinajstić information content (AvgIpc) is 3.23. The van der Waals surface area contributed by atoms with E-state index in [0.29, 0.717) is 18.0 Å². The van der Waals surface area contributed by atoms with Gasteiger partial charge in [-0.15, -0.1) is 6.58 Å². The van der Waals surface area contributed by atoms with Gasteiger partial charge in [0.2, 0.25) is 0 Å². The summed E-state index contributed by atoms with van der Waals surface area (Å²) < 4.78 is 1.74. The number of benzene rings is 1. The highest BCUT2D eigenvalue weighted by Crippen LogP contribution is 2.42. The second-order valence-electron chi connectivity index (χ2n) is 12.6. The molecule has 2 aromatic heterocycles. The summed E-state index contributed by atoms with van der Waals surface area (Å²) in [6, 6.07) is 20.7. The van der Waals surface area contributed by atoms with Crippen molar-refractivity contribution in [1.82, 2.24) is 14.3 Å². The second kappa shape index (κ2) is 11.3. The predicted octanol–water partition coefficient (Wildman–Crippen LogP) is 7.66. The number of nitrogens with one attached hydrogen (secondary N) is 1. The van der Waals surface area contributed by atoms with E-state index in [1.54, 1.807) is 10.4 Å². The average molecular weight is 556 g/mol. The minimum absolute atomic E-state index is 0.0793. The molecule has 1 amide bonds. The number of rotatable bonds is 3. The van der Waals surface area contributed by atoms with Crippen LogP contribution in [0, 0.1) is 5.92 Å². The molecule has 5 rings (SSSR count). The summed E-state index contributed by atoms with van der Waals surface area (Å²) in [6.45, 7) is 16.3. The number of hydrogen-bond acceptors (Lipinski definition) is 6. The molecule has 2 aliphatic rings. The normalized spacial score (nSPS) is 21.2. The Kier molecular flexibility index (Phi) is 7.96. The monoisotopic (exact) mass is 555 g/mol. The molecule has 6 nitrogen and oxygen atoms in total. The first-order chi connectivity index (χ1) is 19.0. The lowest BCUT2D eigenvalue weighted by molar-refractivity contribution is 0.0881. The van der Waals surface area contributed by atoms with Gasteiger partial charge < -0.3 is 10.2 Å². The topological polar surface area (TPSA) is 61.4 Å². The quantitative estimate of drug-likeness (QED) is 0.264. The van der Waals surface area contributed by atoms with Crippen molar-refractivity contribution in [2.45, 2.75) is 75.9 Å². The molecule has 210 valence electrons. The first-order valence-corrected chi connectivity index (χ1v) is 15.0. The standard InChI is InChI=1S/C33H41N5OS/c1-7-20-38-31(39)25-17-19-27(32(2,3)4)35-30(25)37-22-23(21-33(37,5)6)16-18-26(24-12-9-8-10-13-24)34-28-14-11-15-29(36-28)40-38/h7-15,17,19,23,26H,1,16,18,20-22H2,2-6H3,(H,34,36). The van der Waals surface area contributed by atoms with Crippen molar-refractivity contribution < 1.29 is 4.79 Å². The van der Waals surface area contributed by atoms with Crippen molar-refractivity contribution in [3.8, 4) is 0 Å². The molecule has 2 unspecified atom stereocenters. The van der Waals surface area contributed by atoms with E-state index in [9.17, 15) is 4.79 Å². The first kappa shape index (κ1) is 28.2. The van der Waals surface area contributed by atoms with Gasteiger partial charge in [0.25, 0.3) is 5.91 Å². The lowest BCUT2D eigenvalue weighted by atomic mass is 9.90. The van der Waals surface area contributed by atoms with Crippen LogP contribution in [0.3, 0.4) is 0 Å². The van der Waals surface area contributed by atoms with E-state index in [1.165, 1.54) is 17.5 Å². The number of carbonyl (C=O) groups is 1. The zero-order chi connectivity index (χ0) is 28.5. The van der Waals surface area contributed by atoms with Crippen molar-refractivity contribution in [3.63, 3.8) is 0 Å². The third-order valence-electron chi connectivity index (χ3n) is 7.93. The van der Waals surface area contributed by atoms with E-state index in [1.807, 2.05) is 30.3 Å². The minimum atomic E-state index is -0.132. The molecular formula is C33H41N5OS. The summed E-state index contributed by atoms with van der Waals surface area (Å²) in [5.41, 5.74) is 2.61. The Morgan fingerprint density at radius 1 is 1.05 bits per heavy atom. The summed E-state index contributed by atoms with van der Waals surface area (Å²) in [5.74, 6) is 2.00. The lowest BCUT2D eigenvalue weighted by Crippen LogP contribution is -2.41. The fourth-order valence-electron chi connectivity index (χ4n) is 5.85. The SMILES string of the molecule is C=CCN1Sc2cccc(n2)NC(c2ccccc2)CCC2CN(c3nc(C(C)(C)C)ccc3C1=O)C(C)(C)C2. The van der Waals surface area contributed by atoms with Gasteiger partial charge in [0, 0.05) is 35.1 Å². The van der Waals surface area contributed by atoms with Crippen LogP contribution in [-0.2, 0) is 5.41 Å². The molecule has 2 atom stereocenters. The van der Waals surface area contributed by atoms with Gasteiger partial charge in [-0.3, -0.25) is 9.10 Å². The van der Waals surface area contributed by atoms with E-state index < -0.39 is 0 Å². The van der Waals surface area contributed by atoms with Gasteiger partial charge in [0.15, 0.2) is 0 Å². The van der Waals surface area contributed by atoms with Gasteiger partial charge in [-0.1, -0.05) is 63.2 Å². The van der Waals surface area contributed by atoms with Gasteiger partial charge in [-0.25, -0.2) is 9.97 Å². The van der Waals surface area contributed by atoms with Crippen molar-refractivity contribution in [3.05, 3.63) is 90.1 Å². The summed E-state index contributed by atoms with van der Waals surface area (Å²) in [5, 5.41) is 4.46. The van der Waals surface area contributed by atoms with E-state index in [0.717, 1.165) is 48.2 Å². The number of nitrogens with zero attached hydrogens (tertiary/aromatic N) is 4. The highest BCUT2D eigenvalue weighted by atomic mass is 32.2. The van der Waals surface area contributed by atoms with Crippen molar-refractivity contribution >= 4 is 29.5 Å². The van der Waals surface area contributed by atoms with E-state index >= 15 is 0 Å². The van der Waals surface area contributed by atoms with E-state index in [2.05, 4.69) is 81.7 Å². The minimum Gasteiger partial charge on any atom is -0.363 e. The van der Waals surface area contributed by atoms with Crippen molar-refractivity contribution in [2.24, 2.45) is 5.92 Å². The molecule has 1 saturated heterocycles. The van der Waals surface area contributed by atoms with Gasteiger partial charge in [-0.2, -0.15) is 0 Å². The lowest BCUT2D eigenvalue weighted by Gasteiger charge is -2.35. The Hall–Kier alpha value is -3.32. The molecular weight excluding hydrogens is 514 g/mol. The van der Waals surface area contributed by atoms with E-state index in [4.69, 9.17) is 9.97 Å². The van der Waals surface area contributed by atoms with Crippen LogP contribution in [0.5, 0.6) is 0 Å². The smallest absolute Gasteiger partial charge is 0.268 e. The predicted molar refractivity (Wildman–Crippen MR) is 166 cm³/mol. The van der Waals surface area contributed by atoms with Gasteiger partial charge in [0.1, 0.15) is 16.7 Å². The summed E-state index contributed by atoms with van der Waals surface area (Å²) in [6.07, 6.45) is 4.86. The van der Waals surface area contributed by atoms with Crippen LogP contribution in [-0.4, -0.2) is 38.8 Å². The number of pyridine rings is 2. The summed E-state index contributed by atoms with van der Waals surface area (Å²) in [4.78, 5) is 26.7. The highest BCUT2D eigenvalue weighted by molar-refractivity contribution is 7.97. The molecule has 0 radical (unpaired) electrons. The van der Waals surface area contributed by atoms with Crippen LogP contribution in [0.4, 0.5) is 11.6 Å². The maximum atomic E-state index is 14.2. The fourth-order valence-corrected chi connectivity index (χ4v) is 6.72. The molecule has 1 aromatic carbocycles. The Bertz CT molecular complexity index is 1370. The van der Waals surface area contributed by atoms with Crippen LogP contribution in [0.25, 0.3) is 0 Å². The summed E-state index contributed by atoms with van der Waals surface area (Å²) in [7, 11) is 0. The molecule has 0 saturated carbocycles. The molecule has 1 N–H and O–H groups in total. The zero-order valence-corrected chi connectivity index (χ0v) is 25.2. The maximum absolute atomic E-state index is 14.2. The summed E-state index contributed by atoms with van der Waals surface area (Å²) >= 11 is 1.35. The second-order valence-corrected chi connectivity index (χ2v) is 13.6. The third-order valence-corrected chi connectivity index (χ3v) is 8.88. The van der Waals surface area contributed by atoms with Crippen LogP contribution in [0.2, 0.25) is 0 Å². The molecule has 1 fully saturated rings. The fraction of sp³-hybridized carbons (Fsp3) is 0.424. The number of hydrogen-bond donors (Lipinski definition) is 1. The number of anilines is 2. The Morgan fingerprint density at radius 3 is 2.55 bits per heavy atom. The zero-order valence-electron chi connectivity index (χ0n) is 24.4. The number of fused-ring (bicyclic) bond motifs is 6. The largest absolute Gasteiger partial charge is 0.363 e. The molecule has 4 heterocycles. The van der Waals surface area contributed by atoms with Crippen molar-refractivity contribution in [1.29, 1.82) is 0 Å². The molecule has 7 heteroatoms. The molecule has 0 aliphatic carbocycles. The number of aromatic nitrogens is 2. The maximum Gasteiger partial charge on any atom is 0.268 e. The molecule has 3 aromatic rings. The number of carbonyl (C=O) groups excluding carboxylic acids is 1. The van der Waals surface area contributed by atoms with Crippen molar-refractivity contribution in [2.75, 3.05) is 23.3 Å². The van der Waals surface area contributed by atoms with Crippen LogP contribution in [0.15, 0.2) is 78.3 Å². The third kappa shape index (κ3) is 6.04. The Balaban J connectivity index is 1.62. The molecule has 2 aliphatic heterocycles. The molecule has 40 heavy (non-hydrogen) atoms. The van der Waals surface area contributed by atoms with E-state index in [-0.39, 0.29) is 22.9 Å². The highest BCUT2D eigenvalue weighted by Gasteiger charge is 2.41. The Labute approximate surface area is 243 Å². The van der Waals surface area contributed by atoms with Gasteiger partial charge >= 0.3 is 0 Å². The van der Waals surface area contributed by atoms with Crippen LogP contribution < -0.4 is 10.2 Å². The van der Waals surface area contributed by atoms with Gasteiger partial charge in [0.05, 0.1) is 18.2 Å².